The third kappa shape index (κ3) is 1.69. The van der Waals surface area contributed by atoms with Gasteiger partial charge in [-0.1, -0.05) is 23.9 Å². The molecule has 1 aromatic carbocycles. The molecule has 1 fully saturated rings. The Morgan fingerprint density at radius 2 is 2.11 bits per heavy atom. The molecule has 1 amide bonds. The van der Waals surface area contributed by atoms with Gasteiger partial charge in [-0.15, -0.1) is 0 Å². The highest BCUT2D eigenvalue weighted by molar-refractivity contribution is 8.01. The van der Waals surface area contributed by atoms with Gasteiger partial charge < -0.3 is 9.64 Å². The molecule has 4 nitrogen and oxygen atoms in total. The molecule has 2 bridgehead atoms. The van der Waals surface area contributed by atoms with Gasteiger partial charge in [0.25, 0.3) is 0 Å². The van der Waals surface area contributed by atoms with Gasteiger partial charge in [0, 0.05) is 19.7 Å². The van der Waals surface area contributed by atoms with Crippen LogP contribution in [0.2, 0.25) is 0 Å². The average Bonchev–Trinajstić information content (AvgIpc) is 2.42. The summed E-state index contributed by atoms with van der Waals surface area (Å²) in [5.41, 5.74) is 1.11. The summed E-state index contributed by atoms with van der Waals surface area (Å²) in [5.74, 6) is 0.289. The highest BCUT2D eigenvalue weighted by Gasteiger charge is 2.69. The molecule has 4 rings (SSSR count). The number of hydrogen-bond donors (Lipinski definition) is 0. The molecule has 1 saturated heterocycles. The maximum Gasteiger partial charge on any atom is 0.343 e. The summed E-state index contributed by atoms with van der Waals surface area (Å²) in [6.07, 6.45) is -0.0349. The molecular weight excluding hydrogens is 260 g/mol. The lowest BCUT2D eigenvalue weighted by atomic mass is 10.0. The SMILES string of the molecule is COC1C2Sc3ccccc3[N+]1(CCN(C)C)C2=O. The van der Waals surface area contributed by atoms with Crippen molar-refractivity contribution in [2.24, 2.45) is 0 Å². The number of ether oxygens (including phenoxy) is 1. The van der Waals surface area contributed by atoms with Gasteiger partial charge in [0.15, 0.2) is 5.69 Å². The first kappa shape index (κ1) is 13.1. The third-order valence-corrected chi connectivity index (χ3v) is 5.31. The quantitative estimate of drug-likeness (QED) is 0.618. The molecule has 3 heterocycles. The topological polar surface area (TPSA) is 29.5 Å². The molecule has 3 unspecified atom stereocenters. The lowest BCUT2D eigenvalue weighted by molar-refractivity contribution is -0.165. The van der Waals surface area contributed by atoms with E-state index in [1.54, 1.807) is 18.9 Å². The van der Waals surface area contributed by atoms with E-state index in [4.69, 9.17) is 4.74 Å². The zero-order chi connectivity index (χ0) is 13.6. The zero-order valence-electron chi connectivity index (χ0n) is 11.5. The van der Waals surface area contributed by atoms with Gasteiger partial charge in [-0.2, -0.15) is 4.48 Å². The van der Waals surface area contributed by atoms with Crippen LogP contribution in [-0.2, 0) is 9.53 Å². The first-order valence-corrected chi connectivity index (χ1v) is 7.35. The molecule has 0 saturated carbocycles. The van der Waals surface area contributed by atoms with Crippen LogP contribution < -0.4 is 4.48 Å². The van der Waals surface area contributed by atoms with Crippen molar-refractivity contribution in [2.45, 2.75) is 16.4 Å². The second kappa shape index (κ2) is 4.59. The zero-order valence-corrected chi connectivity index (χ0v) is 12.3. The van der Waals surface area contributed by atoms with Crippen LogP contribution in [0, 0.1) is 0 Å². The standard InChI is InChI=1S/C14H19N2O2S/c1-15(2)8-9-16-10-6-4-5-7-11(10)19-12(13(16)17)14(16)18-3/h4-7,12,14H,8-9H2,1-3H3/q+1. The monoisotopic (exact) mass is 279 g/mol. The van der Waals surface area contributed by atoms with Gasteiger partial charge in [-0.25, -0.2) is 4.79 Å². The predicted octanol–water partition coefficient (Wildman–Crippen LogP) is 1.54. The van der Waals surface area contributed by atoms with Gasteiger partial charge in [0.1, 0.15) is 6.54 Å². The van der Waals surface area contributed by atoms with Crippen molar-refractivity contribution in [3.8, 4) is 0 Å². The summed E-state index contributed by atoms with van der Waals surface area (Å²) in [7, 11) is 5.78. The minimum atomic E-state index is -0.0398. The number of carbonyl (C=O) groups excluding carboxylic acids is 1. The second-order valence-corrected chi connectivity index (χ2v) is 6.55. The Balaban J connectivity index is 2.04. The number of amides is 1. The van der Waals surface area contributed by atoms with E-state index in [-0.39, 0.29) is 17.4 Å². The molecule has 3 aliphatic heterocycles. The Hall–Kier alpha value is -0.880. The van der Waals surface area contributed by atoms with Crippen LogP contribution in [0.3, 0.4) is 0 Å². The molecule has 102 valence electrons. The van der Waals surface area contributed by atoms with Gasteiger partial charge >= 0.3 is 5.91 Å². The van der Waals surface area contributed by atoms with E-state index in [0.717, 1.165) is 18.8 Å². The number of quaternary nitrogens is 1. The number of thioether (sulfide) groups is 1. The summed E-state index contributed by atoms with van der Waals surface area (Å²) < 4.78 is 5.99. The van der Waals surface area contributed by atoms with Crippen molar-refractivity contribution >= 4 is 23.4 Å². The number of benzene rings is 1. The van der Waals surface area contributed by atoms with Crippen LogP contribution in [0.4, 0.5) is 5.69 Å². The molecule has 0 N–H and O–H groups in total. The number of nitrogens with zero attached hydrogens (tertiary/aromatic N) is 2. The smallest absolute Gasteiger partial charge is 0.330 e. The van der Waals surface area contributed by atoms with Crippen molar-refractivity contribution in [3.63, 3.8) is 0 Å². The maximum atomic E-state index is 12.6. The number of para-hydroxylation sites is 1. The first-order chi connectivity index (χ1) is 9.11. The Kier molecular flexibility index (Phi) is 3.17. The van der Waals surface area contributed by atoms with E-state index in [1.807, 2.05) is 26.2 Å². The summed E-state index contributed by atoms with van der Waals surface area (Å²) in [5, 5.41) is -0.0398. The minimum Gasteiger partial charge on any atom is -0.330 e. The van der Waals surface area contributed by atoms with Crippen molar-refractivity contribution in [3.05, 3.63) is 24.3 Å². The fourth-order valence-electron chi connectivity index (χ4n) is 3.03. The molecule has 5 heteroatoms. The van der Waals surface area contributed by atoms with Crippen molar-refractivity contribution in [1.82, 2.24) is 9.38 Å². The number of carbonyl (C=O) groups is 1. The van der Waals surface area contributed by atoms with Gasteiger partial charge in [-0.05, 0) is 20.2 Å². The lowest BCUT2D eigenvalue weighted by Gasteiger charge is -2.55. The largest absolute Gasteiger partial charge is 0.343 e. The van der Waals surface area contributed by atoms with E-state index in [0.29, 0.717) is 4.48 Å². The minimum absolute atomic E-state index is 0.0349. The van der Waals surface area contributed by atoms with Crippen LogP contribution in [0.15, 0.2) is 29.2 Å². The predicted molar refractivity (Wildman–Crippen MR) is 77.1 cm³/mol. The second-order valence-electron chi connectivity index (χ2n) is 5.37. The number of likely N-dealkylation sites (N-methyl/N-ethyl adjacent to an activating group) is 1. The Bertz CT molecular complexity index is 520. The van der Waals surface area contributed by atoms with E-state index in [2.05, 4.69) is 17.0 Å². The number of rotatable bonds is 4. The van der Waals surface area contributed by atoms with Crippen molar-refractivity contribution in [1.29, 1.82) is 0 Å². The van der Waals surface area contributed by atoms with Crippen LogP contribution in [-0.4, -0.2) is 56.6 Å². The third-order valence-electron chi connectivity index (χ3n) is 4.02. The average molecular weight is 279 g/mol. The molecule has 0 spiro atoms. The maximum absolute atomic E-state index is 12.6. The molecule has 3 atom stereocenters. The summed E-state index contributed by atoms with van der Waals surface area (Å²) in [6.45, 7) is 1.65. The first-order valence-electron chi connectivity index (χ1n) is 6.47. The normalized spacial score (nSPS) is 32.1. The number of hydrogen-bond acceptors (Lipinski definition) is 4. The van der Waals surface area contributed by atoms with Crippen LogP contribution in [0.25, 0.3) is 0 Å². The van der Waals surface area contributed by atoms with Crippen molar-refractivity contribution < 1.29 is 9.53 Å². The molecule has 0 radical (unpaired) electrons. The molecule has 0 aliphatic carbocycles. The van der Waals surface area contributed by atoms with Crippen LogP contribution in [0.5, 0.6) is 0 Å². The fraction of sp³-hybridized carbons (Fsp3) is 0.500. The van der Waals surface area contributed by atoms with Crippen LogP contribution in [0.1, 0.15) is 0 Å². The fourth-order valence-corrected chi connectivity index (χ4v) is 4.54. The van der Waals surface area contributed by atoms with Crippen LogP contribution >= 0.6 is 11.8 Å². The number of methoxy groups -OCH3 is 1. The molecule has 1 aromatic rings. The van der Waals surface area contributed by atoms with E-state index < -0.39 is 0 Å². The van der Waals surface area contributed by atoms with E-state index >= 15 is 0 Å². The summed E-state index contributed by atoms with van der Waals surface area (Å²) in [6, 6.07) is 8.21. The van der Waals surface area contributed by atoms with Gasteiger partial charge in [0.2, 0.25) is 11.5 Å². The van der Waals surface area contributed by atoms with Crippen molar-refractivity contribution in [2.75, 3.05) is 34.3 Å². The highest BCUT2D eigenvalue weighted by Crippen LogP contribution is 2.54. The van der Waals surface area contributed by atoms with E-state index in [1.165, 1.54) is 4.90 Å². The number of β-lactam (4-membered cyclic amide) rings is 1. The molecule has 0 aromatic heterocycles. The molecule has 3 aliphatic rings. The van der Waals surface area contributed by atoms with Gasteiger partial charge in [0.05, 0.1) is 4.90 Å². The Morgan fingerprint density at radius 1 is 1.37 bits per heavy atom. The lowest BCUT2D eigenvalue weighted by Crippen LogP contribution is -2.81. The summed E-state index contributed by atoms with van der Waals surface area (Å²) >= 11 is 1.65. The highest BCUT2D eigenvalue weighted by atomic mass is 32.2. The molecular formula is C14H19N2O2S+. The van der Waals surface area contributed by atoms with Gasteiger partial charge in [-0.3, -0.25) is 0 Å². The van der Waals surface area contributed by atoms with E-state index in [9.17, 15) is 4.79 Å². The molecule has 19 heavy (non-hydrogen) atoms. The Morgan fingerprint density at radius 3 is 2.79 bits per heavy atom. The summed E-state index contributed by atoms with van der Waals surface area (Å²) in [4.78, 5) is 15.9. The Labute approximate surface area is 117 Å².